The van der Waals surface area contributed by atoms with E-state index in [0.29, 0.717) is 24.6 Å². The van der Waals surface area contributed by atoms with Crippen LogP contribution in [0, 0.1) is 13.8 Å². The molecule has 35 heavy (non-hydrogen) atoms. The fourth-order valence-electron chi connectivity index (χ4n) is 2.34. The molecule has 0 aliphatic rings. The summed E-state index contributed by atoms with van der Waals surface area (Å²) in [6, 6.07) is 17.0. The van der Waals surface area contributed by atoms with Crippen LogP contribution < -0.4 is 11.1 Å². The first kappa shape index (κ1) is 38.2. The number of rotatable bonds is 10. The number of nitrogens with two attached hydrogens (primary N) is 1. The van der Waals surface area contributed by atoms with E-state index in [0.717, 1.165) is 6.54 Å². The molecule has 2 aromatic carbocycles. The number of hydrogen-bond acceptors (Lipinski definition) is 6. The molecule has 0 spiro atoms. The number of nitrogens with one attached hydrogen (secondary N) is 1. The molecule has 204 valence electrons. The molecule has 6 nitrogen and oxygen atoms in total. The predicted octanol–water partition coefficient (Wildman–Crippen LogP) is 6.91. The number of aryl methyl sites for hydroxylation is 2. The van der Waals surface area contributed by atoms with Crippen LogP contribution in [0.4, 0.5) is 0 Å². The maximum absolute atomic E-state index is 5.42. The van der Waals surface area contributed by atoms with Gasteiger partial charge in [-0.3, -0.25) is 0 Å². The highest BCUT2D eigenvalue weighted by molar-refractivity contribution is 9.09. The van der Waals surface area contributed by atoms with Gasteiger partial charge in [0.05, 0.1) is 27.4 Å². The van der Waals surface area contributed by atoms with Gasteiger partial charge in [0.1, 0.15) is 0 Å². The van der Waals surface area contributed by atoms with Crippen LogP contribution in [0.5, 0.6) is 0 Å². The fraction of sp³-hybridized carbons (Fsp3) is 0.571. The molecule has 2 rings (SSSR count). The van der Waals surface area contributed by atoms with Crippen LogP contribution >= 0.6 is 15.9 Å². The maximum Gasteiger partial charge on any atom is 0.0972 e. The molecule has 2 aromatic rings. The number of halogens is 1. The summed E-state index contributed by atoms with van der Waals surface area (Å²) in [6.45, 7) is 18.9. The molecule has 0 saturated carbocycles. The zero-order valence-corrected chi connectivity index (χ0v) is 25.3. The zero-order valence-electron chi connectivity index (χ0n) is 23.7. The predicted molar refractivity (Wildman–Crippen MR) is 154 cm³/mol. The Bertz CT molecular complexity index is 688. The molecular formula is C28H51BrN2O4. The molecule has 0 radical (unpaired) electrons. The molecule has 0 heterocycles. The van der Waals surface area contributed by atoms with Crippen LogP contribution in [0.3, 0.4) is 0 Å². The SMILES string of the molecule is CC.CC.COOCC(C)Br.COOCC(C)NCc1cccc(C)c1.Cc1cccc(CN)c1. The van der Waals surface area contributed by atoms with Gasteiger partial charge in [-0.2, -0.15) is 0 Å². The van der Waals surface area contributed by atoms with Gasteiger partial charge in [0, 0.05) is 24.0 Å². The molecular weight excluding hydrogens is 508 g/mol. The summed E-state index contributed by atoms with van der Waals surface area (Å²) < 4.78 is 0. The summed E-state index contributed by atoms with van der Waals surface area (Å²) in [5.41, 5.74) is 10.5. The second-order valence-corrected chi connectivity index (χ2v) is 8.71. The average molecular weight is 560 g/mol. The summed E-state index contributed by atoms with van der Waals surface area (Å²) in [7, 11) is 3.02. The minimum Gasteiger partial charge on any atom is -0.326 e. The summed E-state index contributed by atoms with van der Waals surface area (Å²) in [5, 5.41) is 3.36. The third kappa shape index (κ3) is 27.1. The van der Waals surface area contributed by atoms with E-state index in [4.69, 9.17) is 10.6 Å². The molecule has 0 aliphatic carbocycles. The Kier molecular flexibility index (Phi) is 31.6. The average Bonchev–Trinajstić information content (AvgIpc) is 2.88. The largest absolute Gasteiger partial charge is 0.326 e. The van der Waals surface area contributed by atoms with Crippen LogP contribution in [0.1, 0.15) is 63.8 Å². The van der Waals surface area contributed by atoms with Crippen molar-refractivity contribution in [2.24, 2.45) is 5.73 Å². The van der Waals surface area contributed by atoms with E-state index in [1.54, 1.807) is 0 Å². The minimum absolute atomic E-state index is 0.283. The van der Waals surface area contributed by atoms with Gasteiger partial charge >= 0.3 is 0 Å². The third-order valence-corrected chi connectivity index (χ3v) is 4.17. The third-order valence-electron chi connectivity index (χ3n) is 3.91. The van der Waals surface area contributed by atoms with Crippen molar-refractivity contribution in [1.82, 2.24) is 5.32 Å². The zero-order chi connectivity index (χ0) is 27.5. The molecule has 7 heteroatoms. The van der Waals surface area contributed by atoms with Crippen LogP contribution in [-0.2, 0) is 32.6 Å². The Morgan fingerprint density at radius 2 is 1.26 bits per heavy atom. The van der Waals surface area contributed by atoms with Crippen molar-refractivity contribution >= 4 is 15.9 Å². The van der Waals surface area contributed by atoms with Crippen molar-refractivity contribution < 1.29 is 19.6 Å². The van der Waals surface area contributed by atoms with E-state index >= 15 is 0 Å². The van der Waals surface area contributed by atoms with Gasteiger partial charge < -0.3 is 11.1 Å². The van der Waals surface area contributed by atoms with E-state index in [1.165, 1.54) is 36.5 Å². The Balaban J connectivity index is -0.000000439. The van der Waals surface area contributed by atoms with Gasteiger partial charge in [-0.1, -0.05) is 110 Å². The fourth-order valence-corrected chi connectivity index (χ4v) is 2.45. The van der Waals surface area contributed by atoms with Gasteiger partial charge in [-0.25, -0.2) is 19.6 Å². The molecule has 2 unspecified atom stereocenters. The van der Waals surface area contributed by atoms with Crippen molar-refractivity contribution in [2.75, 3.05) is 27.4 Å². The van der Waals surface area contributed by atoms with Crippen molar-refractivity contribution in [3.05, 3.63) is 70.8 Å². The smallest absolute Gasteiger partial charge is 0.0972 e. The first-order valence-electron chi connectivity index (χ1n) is 12.3. The van der Waals surface area contributed by atoms with Crippen LogP contribution in [0.2, 0.25) is 0 Å². The van der Waals surface area contributed by atoms with Gasteiger partial charge in [-0.05, 0) is 31.9 Å². The highest BCUT2D eigenvalue weighted by atomic mass is 79.9. The Morgan fingerprint density at radius 1 is 0.800 bits per heavy atom. The van der Waals surface area contributed by atoms with Crippen LogP contribution in [-0.4, -0.2) is 38.3 Å². The molecule has 2 atom stereocenters. The molecule has 0 amide bonds. The Hall–Kier alpha value is -1.32. The number of benzene rings is 2. The standard InChI is InChI=1S/C12H19NO2.C8H11N.C4H9BrO2.2C2H6/c1-10-5-4-6-12(7-10)8-13-11(2)9-15-14-3;1-7-3-2-4-8(5-7)6-9;1-4(5)3-7-6-2;2*1-2/h4-7,11,13H,8-9H2,1-3H3;2-5H,6,9H2,1H3;4H,3H2,1-2H3;2*1-2H3. The van der Waals surface area contributed by atoms with E-state index in [2.05, 4.69) is 93.1 Å². The van der Waals surface area contributed by atoms with Gasteiger partial charge in [-0.15, -0.1) is 0 Å². The highest BCUT2D eigenvalue weighted by Gasteiger charge is 2.01. The normalized spacial score (nSPS) is 11.1. The lowest BCUT2D eigenvalue weighted by atomic mass is 10.1. The van der Waals surface area contributed by atoms with E-state index in [9.17, 15) is 0 Å². The first-order valence-corrected chi connectivity index (χ1v) is 13.2. The van der Waals surface area contributed by atoms with Crippen molar-refractivity contribution in [1.29, 1.82) is 0 Å². The van der Waals surface area contributed by atoms with E-state index < -0.39 is 0 Å². The summed E-state index contributed by atoms with van der Waals surface area (Å²) in [5.74, 6) is 0. The van der Waals surface area contributed by atoms with Crippen molar-refractivity contribution in [2.45, 2.75) is 79.3 Å². The summed E-state index contributed by atoms with van der Waals surface area (Å²) in [4.78, 5) is 18.6. The molecule has 3 N–H and O–H groups in total. The molecule has 0 fully saturated rings. The van der Waals surface area contributed by atoms with Crippen molar-refractivity contribution in [3.63, 3.8) is 0 Å². The second kappa shape index (κ2) is 28.9. The van der Waals surface area contributed by atoms with Gasteiger partial charge in [0.2, 0.25) is 0 Å². The van der Waals surface area contributed by atoms with Gasteiger partial charge in [0.25, 0.3) is 0 Å². The summed E-state index contributed by atoms with van der Waals surface area (Å²) in [6.07, 6.45) is 0. The van der Waals surface area contributed by atoms with Crippen LogP contribution in [0.15, 0.2) is 48.5 Å². The molecule has 0 aromatic heterocycles. The van der Waals surface area contributed by atoms with Crippen LogP contribution in [0.25, 0.3) is 0 Å². The molecule has 0 aliphatic heterocycles. The monoisotopic (exact) mass is 558 g/mol. The second-order valence-electron chi connectivity index (χ2n) is 7.15. The topological polar surface area (TPSA) is 75.0 Å². The lowest BCUT2D eigenvalue weighted by Gasteiger charge is -2.12. The van der Waals surface area contributed by atoms with E-state index in [-0.39, 0.29) is 6.04 Å². The quantitative estimate of drug-likeness (QED) is 0.187. The lowest BCUT2D eigenvalue weighted by molar-refractivity contribution is -0.275. The van der Waals surface area contributed by atoms with E-state index in [1.807, 2.05) is 46.8 Å². The lowest BCUT2D eigenvalue weighted by Crippen LogP contribution is -2.29. The summed E-state index contributed by atoms with van der Waals surface area (Å²) >= 11 is 3.27. The number of hydrogen-bond donors (Lipinski definition) is 2. The Labute approximate surface area is 223 Å². The molecule has 0 bridgehead atoms. The van der Waals surface area contributed by atoms with Gasteiger partial charge in [0.15, 0.2) is 0 Å². The molecule has 0 saturated heterocycles. The maximum atomic E-state index is 5.42. The Morgan fingerprint density at radius 3 is 1.63 bits per heavy atom. The highest BCUT2D eigenvalue weighted by Crippen LogP contribution is 2.04. The first-order chi connectivity index (χ1) is 16.8. The van der Waals surface area contributed by atoms with Crippen molar-refractivity contribution in [3.8, 4) is 0 Å². The minimum atomic E-state index is 0.283. The number of alkyl halides is 1.